The third-order valence-electron chi connectivity index (χ3n) is 1.38. The number of ether oxygens (including phenoxy) is 1. The van der Waals surface area contributed by atoms with Crippen LogP contribution in [0.25, 0.3) is 0 Å². The molecule has 0 N–H and O–H groups in total. The van der Waals surface area contributed by atoms with Crippen molar-refractivity contribution in [1.82, 2.24) is 0 Å². The van der Waals surface area contributed by atoms with E-state index in [1.165, 1.54) is 25.3 Å². The van der Waals surface area contributed by atoms with Gasteiger partial charge in [0.2, 0.25) is 0 Å². The highest BCUT2D eigenvalue weighted by Crippen LogP contribution is 2.17. The molecule has 11 heavy (non-hydrogen) atoms. The van der Waals surface area contributed by atoms with Crippen LogP contribution in [0, 0.1) is 5.82 Å². The van der Waals surface area contributed by atoms with Gasteiger partial charge in [0.1, 0.15) is 6.61 Å². The molecule has 0 heterocycles. The summed E-state index contributed by atoms with van der Waals surface area (Å²) in [5, 5.41) is 10.3. The van der Waals surface area contributed by atoms with Crippen LogP contribution in [0.1, 0.15) is 5.56 Å². The first-order valence-corrected chi connectivity index (χ1v) is 3.18. The quantitative estimate of drug-likeness (QED) is 0.639. The predicted molar refractivity (Wildman–Crippen MR) is 37.3 cm³/mol. The highest BCUT2D eigenvalue weighted by molar-refractivity contribution is 5.29. The molecule has 0 unspecified atom stereocenters. The van der Waals surface area contributed by atoms with E-state index in [0.717, 1.165) is 0 Å². The Hall–Kier alpha value is -1.09. The monoisotopic (exact) mass is 155 g/mol. The lowest BCUT2D eigenvalue weighted by Crippen LogP contribution is -1.90. The van der Waals surface area contributed by atoms with Crippen molar-refractivity contribution >= 4 is 0 Å². The standard InChI is InChI=1S/C8H8FO2/c1-11-8-4-6(5-10)2-3-7(8)9/h2-4H,5H2,1H3. The maximum absolute atomic E-state index is 12.7. The number of hydrogen-bond donors (Lipinski definition) is 0. The van der Waals surface area contributed by atoms with Gasteiger partial charge in [0.15, 0.2) is 11.6 Å². The van der Waals surface area contributed by atoms with Crippen LogP contribution < -0.4 is 4.74 Å². The molecular weight excluding hydrogens is 147 g/mol. The lowest BCUT2D eigenvalue weighted by molar-refractivity contribution is 0.177. The summed E-state index contributed by atoms with van der Waals surface area (Å²) in [6.07, 6.45) is 0. The molecule has 0 saturated carbocycles. The molecule has 3 heteroatoms. The van der Waals surface area contributed by atoms with Gasteiger partial charge < -0.3 is 4.74 Å². The van der Waals surface area contributed by atoms with Crippen molar-refractivity contribution < 1.29 is 14.2 Å². The first kappa shape index (κ1) is 8.01. The first-order chi connectivity index (χ1) is 5.27. The fourth-order valence-electron chi connectivity index (χ4n) is 0.794. The van der Waals surface area contributed by atoms with E-state index in [1.54, 1.807) is 0 Å². The topological polar surface area (TPSA) is 29.1 Å². The predicted octanol–water partition coefficient (Wildman–Crippen LogP) is 1.76. The van der Waals surface area contributed by atoms with Crippen molar-refractivity contribution in [2.45, 2.75) is 6.61 Å². The highest BCUT2D eigenvalue weighted by atomic mass is 19.1. The van der Waals surface area contributed by atoms with E-state index in [9.17, 15) is 9.50 Å². The van der Waals surface area contributed by atoms with Crippen LogP contribution >= 0.6 is 0 Å². The fourth-order valence-corrected chi connectivity index (χ4v) is 0.794. The summed E-state index contributed by atoms with van der Waals surface area (Å²) >= 11 is 0. The molecule has 0 atom stereocenters. The summed E-state index contributed by atoms with van der Waals surface area (Å²) in [5.41, 5.74) is 0.531. The minimum Gasteiger partial charge on any atom is -0.494 e. The zero-order valence-corrected chi connectivity index (χ0v) is 6.13. The van der Waals surface area contributed by atoms with Gasteiger partial charge in [0, 0.05) is 0 Å². The van der Waals surface area contributed by atoms with Gasteiger partial charge in [-0.05, 0) is 17.7 Å². The minimum atomic E-state index is -0.440. The van der Waals surface area contributed by atoms with Gasteiger partial charge in [-0.25, -0.2) is 9.50 Å². The first-order valence-electron chi connectivity index (χ1n) is 3.18. The number of methoxy groups -OCH3 is 1. The fraction of sp³-hybridized carbons (Fsp3) is 0.250. The molecule has 59 valence electrons. The van der Waals surface area contributed by atoms with Crippen molar-refractivity contribution in [2.75, 3.05) is 7.11 Å². The lowest BCUT2D eigenvalue weighted by Gasteiger charge is -2.01. The van der Waals surface area contributed by atoms with E-state index in [4.69, 9.17) is 0 Å². The third kappa shape index (κ3) is 1.68. The van der Waals surface area contributed by atoms with Gasteiger partial charge >= 0.3 is 0 Å². The molecule has 0 aliphatic rings. The Labute approximate surface area is 64.2 Å². The van der Waals surface area contributed by atoms with Gasteiger partial charge in [-0.1, -0.05) is 6.07 Å². The zero-order valence-electron chi connectivity index (χ0n) is 6.13. The normalized spacial score (nSPS) is 9.73. The van der Waals surface area contributed by atoms with Gasteiger partial charge in [0.05, 0.1) is 7.11 Å². The molecule has 2 nitrogen and oxygen atoms in total. The third-order valence-corrected chi connectivity index (χ3v) is 1.38. The van der Waals surface area contributed by atoms with Gasteiger partial charge in [-0.2, -0.15) is 0 Å². The van der Waals surface area contributed by atoms with E-state index >= 15 is 0 Å². The second kappa shape index (κ2) is 3.34. The van der Waals surface area contributed by atoms with Gasteiger partial charge in [-0.15, -0.1) is 0 Å². The molecule has 0 fully saturated rings. The van der Waals surface area contributed by atoms with Crippen LogP contribution in [0.15, 0.2) is 18.2 Å². The largest absolute Gasteiger partial charge is 0.494 e. The summed E-state index contributed by atoms with van der Waals surface area (Å²) in [6.45, 7) is -0.351. The highest BCUT2D eigenvalue weighted by Gasteiger charge is 2.01. The van der Waals surface area contributed by atoms with Crippen LogP contribution in [-0.2, 0) is 11.7 Å². The molecule has 0 aliphatic heterocycles. The molecular formula is C8H8FO2. The second-order valence-corrected chi connectivity index (χ2v) is 2.11. The molecule has 0 amide bonds. The van der Waals surface area contributed by atoms with E-state index in [-0.39, 0.29) is 12.4 Å². The molecule has 0 saturated heterocycles. The maximum Gasteiger partial charge on any atom is 0.165 e. The minimum absolute atomic E-state index is 0.123. The number of hydrogen-bond acceptors (Lipinski definition) is 1. The number of rotatable bonds is 2. The maximum atomic E-state index is 12.7. The molecule has 1 rings (SSSR count). The van der Waals surface area contributed by atoms with Crippen LogP contribution in [0.4, 0.5) is 4.39 Å². The Balaban J connectivity index is 3.02. The Kier molecular flexibility index (Phi) is 2.44. The molecule has 0 spiro atoms. The van der Waals surface area contributed by atoms with E-state index in [2.05, 4.69) is 4.74 Å². The van der Waals surface area contributed by atoms with Crippen molar-refractivity contribution in [2.24, 2.45) is 0 Å². The van der Waals surface area contributed by atoms with E-state index in [0.29, 0.717) is 5.56 Å². The Bertz CT molecular complexity index is 248. The number of benzene rings is 1. The van der Waals surface area contributed by atoms with E-state index < -0.39 is 5.82 Å². The summed E-state index contributed by atoms with van der Waals surface area (Å²) in [7, 11) is 1.37. The Morgan fingerprint density at radius 1 is 1.55 bits per heavy atom. The molecule has 1 radical (unpaired) electrons. The molecule has 1 aromatic carbocycles. The summed E-state index contributed by atoms with van der Waals surface area (Å²) in [6, 6.07) is 4.08. The van der Waals surface area contributed by atoms with Crippen LogP contribution in [0.3, 0.4) is 0 Å². The molecule has 0 aliphatic carbocycles. The van der Waals surface area contributed by atoms with Crippen molar-refractivity contribution in [3.05, 3.63) is 29.6 Å². The molecule has 1 aromatic rings. The summed E-state index contributed by atoms with van der Waals surface area (Å²) in [4.78, 5) is 0. The molecule has 0 aromatic heterocycles. The second-order valence-electron chi connectivity index (χ2n) is 2.11. The SMILES string of the molecule is COc1cc(C[O])ccc1F. The summed E-state index contributed by atoms with van der Waals surface area (Å²) < 4.78 is 17.4. The zero-order chi connectivity index (χ0) is 8.27. The number of halogens is 1. The molecule has 0 bridgehead atoms. The van der Waals surface area contributed by atoms with E-state index in [1.807, 2.05) is 0 Å². The van der Waals surface area contributed by atoms with Gasteiger partial charge in [-0.3, -0.25) is 0 Å². The lowest BCUT2D eigenvalue weighted by atomic mass is 10.2. The average Bonchev–Trinajstić information content (AvgIpc) is 2.05. The Morgan fingerprint density at radius 3 is 2.82 bits per heavy atom. The smallest absolute Gasteiger partial charge is 0.165 e. The van der Waals surface area contributed by atoms with Crippen molar-refractivity contribution in [3.8, 4) is 5.75 Å². The average molecular weight is 155 g/mol. The van der Waals surface area contributed by atoms with Crippen LogP contribution in [0.2, 0.25) is 0 Å². The summed E-state index contributed by atoms with van der Waals surface area (Å²) in [5.74, 6) is -0.317. The van der Waals surface area contributed by atoms with Crippen LogP contribution in [0.5, 0.6) is 5.75 Å². The Morgan fingerprint density at radius 2 is 2.27 bits per heavy atom. The van der Waals surface area contributed by atoms with Crippen molar-refractivity contribution in [1.29, 1.82) is 0 Å². The van der Waals surface area contributed by atoms with Crippen molar-refractivity contribution in [3.63, 3.8) is 0 Å². The van der Waals surface area contributed by atoms with Gasteiger partial charge in [0.25, 0.3) is 0 Å². The van der Waals surface area contributed by atoms with Crippen LogP contribution in [-0.4, -0.2) is 7.11 Å².